The summed E-state index contributed by atoms with van der Waals surface area (Å²) in [5, 5.41) is 2.73. The SMILES string of the molecule is CN1C(=O)NCC2(CCOCC2)C1=O. The number of carbonyl (C=O) groups is 2. The highest BCUT2D eigenvalue weighted by molar-refractivity contribution is 5.99. The topological polar surface area (TPSA) is 58.6 Å². The molecule has 2 aliphatic rings. The van der Waals surface area contributed by atoms with Gasteiger partial charge in [0.2, 0.25) is 5.91 Å². The van der Waals surface area contributed by atoms with Crippen LogP contribution in [0.25, 0.3) is 0 Å². The van der Waals surface area contributed by atoms with Crippen molar-refractivity contribution >= 4 is 11.9 Å². The van der Waals surface area contributed by atoms with Crippen LogP contribution in [0.4, 0.5) is 4.79 Å². The van der Waals surface area contributed by atoms with Crippen molar-refractivity contribution in [2.24, 2.45) is 5.41 Å². The van der Waals surface area contributed by atoms with Crippen LogP contribution in [0.15, 0.2) is 0 Å². The summed E-state index contributed by atoms with van der Waals surface area (Å²) in [6, 6.07) is -0.299. The zero-order chi connectivity index (χ0) is 10.2. The number of hydrogen-bond donors (Lipinski definition) is 1. The van der Waals surface area contributed by atoms with E-state index >= 15 is 0 Å². The Morgan fingerprint density at radius 2 is 2.00 bits per heavy atom. The summed E-state index contributed by atoms with van der Waals surface area (Å²) in [6.07, 6.45) is 1.41. The number of urea groups is 1. The van der Waals surface area contributed by atoms with Crippen molar-refractivity contribution in [1.82, 2.24) is 10.2 Å². The van der Waals surface area contributed by atoms with Gasteiger partial charge in [-0.1, -0.05) is 0 Å². The number of amides is 3. The van der Waals surface area contributed by atoms with E-state index in [9.17, 15) is 9.59 Å². The zero-order valence-electron chi connectivity index (χ0n) is 8.21. The minimum absolute atomic E-state index is 0.0652. The quantitative estimate of drug-likeness (QED) is 0.594. The molecule has 0 saturated carbocycles. The number of rotatable bonds is 0. The Balaban J connectivity index is 2.19. The highest BCUT2D eigenvalue weighted by Gasteiger charge is 2.46. The molecule has 1 spiro atoms. The van der Waals surface area contributed by atoms with Crippen LogP contribution in [-0.2, 0) is 9.53 Å². The lowest BCUT2D eigenvalue weighted by molar-refractivity contribution is -0.145. The molecule has 0 aromatic carbocycles. The molecule has 0 aromatic heterocycles. The molecule has 2 aliphatic heterocycles. The smallest absolute Gasteiger partial charge is 0.323 e. The number of nitrogens with one attached hydrogen (secondary N) is 1. The Morgan fingerprint density at radius 3 is 2.64 bits per heavy atom. The molecule has 1 N–H and O–H groups in total. The van der Waals surface area contributed by atoms with Crippen LogP contribution < -0.4 is 5.32 Å². The van der Waals surface area contributed by atoms with Gasteiger partial charge in [0, 0.05) is 26.8 Å². The third-order valence-electron chi connectivity index (χ3n) is 3.09. The molecular formula is C9H14N2O3. The molecule has 0 atom stereocenters. The van der Waals surface area contributed by atoms with Gasteiger partial charge in [-0.2, -0.15) is 0 Å². The van der Waals surface area contributed by atoms with Gasteiger partial charge in [-0.3, -0.25) is 9.69 Å². The fourth-order valence-corrected chi connectivity index (χ4v) is 2.04. The monoisotopic (exact) mass is 198 g/mol. The number of carbonyl (C=O) groups excluding carboxylic acids is 2. The van der Waals surface area contributed by atoms with Crippen molar-refractivity contribution in [3.63, 3.8) is 0 Å². The molecule has 78 valence electrons. The first-order valence-corrected chi connectivity index (χ1v) is 4.79. The minimum Gasteiger partial charge on any atom is -0.381 e. The van der Waals surface area contributed by atoms with Gasteiger partial charge in [0.05, 0.1) is 5.41 Å². The van der Waals surface area contributed by atoms with Gasteiger partial charge in [0.1, 0.15) is 0 Å². The Morgan fingerprint density at radius 1 is 1.36 bits per heavy atom. The van der Waals surface area contributed by atoms with Gasteiger partial charge in [-0.05, 0) is 12.8 Å². The van der Waals surface area contributed by atoms with Gasteiger partial charge in [-0.25, -0.2) is 4.79 Å². The molecule has 3 amide bonds. The third kappa shape index (κ3) is 1.28. The molecule has 0 bridgehead atoms. The molecule has 14 heavy (non-hydrogen) atoms. The lowest BCUT2D eigenvalue weighted by Gasteiger charge is -2.41. The van der Waals surface area contributed by atoms with Crippen LogP contribution in [0.5, 0.6) is 0 Å². The maximum Gasteiger partial charge on any atom is 0.323 e. The van der Waals surface area contributed by atoms with E-state index in [0.717, 1.165) is 0 Å². The number of imide groups is 1. The standard InChI is InChI=1S/C9H14N2O3/c1-11-7(12)9(6-10-8(11)13)2-4-14-5-3-9/h2-6H2,1H3,(H,10,13). The Kier molecular flexibility index (Phi) is 2.19. The summed E-state index contributed by atoms with van der Waals surface area (Å²) in [6.45, 7) is 1.67. The largest absolute Gasteiger partial charge is 0.381 e. The third-order valence-corrected chi connectivity index (χ3v) is 3.09. The summed E-state index contributed by atoms with van der Waals surface area (Å²) in [7, 11) is 1.52. The Labute approximate surface area is 82.4 Å². The van der Waals surface area contributed by atoms with Crippen LogP contribution in [0.2, 0.25) is 0 Å². The number of hydrogen-bond acceptors (Lipinski definition) is 3. The van der Waals surface area contributed by atoms with E-state index in [2.05, 4.69) is 5.32 Å². The molecular weight excluding hydrogens is 184 g/mol. The van der Waals surface area contributed by atoms with Crippen molar-refractivity contribution in [2.45, 2.75) is 12.8 Å². The number of nitrogens with zero attached hydrogens (tertiary/aromatic N) is 1. The molecule has 0 radical (unpaired) electrons. The normalized spacial score (nSPS) is 26.5. The van der Waals surface area contributed by atoms with Crippen LogP contribution in [0.3, 0.4) is 0 Å². The zero-order valence-corrected chi connectivity index (χ0v) is 8.21. The van der Waals surface area contributed by atoms with E-state index in [1.54, 1.807) is 0 Å². The molecule has 0 aliphatic carbocycles. The van der Waals surface area contributed by atoms with Crippen LogP contribution in [0.1, 0.15) is 12.8 Å². The first-order chi connectivity index (χ1) is 6.66. The molecule has 5 nitrogen and oxygen atoms in total. The van der Waals surface area contributed by atoms with E-state index in [-0.39, 0.29) is 11.9 Å². The molecule has 0 aromatic rings. The Bertz CT molecular complexity index is 271. The van der Waals surface area contributed by atoms with Crippen molar-refractivity contribution in [3.8, 4) is 0 Å². The van der Waals surface area contributed by atoms with Crippen molar-refractivity contribution in [3.05, 3.63) is 0 Å². The van der Waals surface area contributed by atoms with E-state index in [4.69, 9.17) is 4.74 Å². The van der Waals surface area contributed by atoms with E-state index in [1.807, 2.05) is 0 Å². The van der Waals surface area contributed by atoms with Gasteiger partial charge >= 0.3 is 6.03 Å². The van der Waals surface area contributed by atoms with Gasteiger partial charge in [0.25, 0.3) is 0 Å². The average molecular weight is 198 g/mol. The summed E-state index contributed by atoms with van der Waals surface area (Å²) in [4.78, 5) is 24.3. The minimum atomic E-state index is -0.402. The lowest BCUT2D eigenvalue weighted by atomic mass is 9.78. The molecule has 2 rings (SSSR count). The molecule has 2 saturated heterocycles. The van der Waals surface area contributed by atoms with Crippen molar-refractivity contribution in [2.75, 3.05) is 26.8 Å². The van der Waals surface area contributed by atoms with Crippen LogP contribution >= 0.6 is 0 Å². The molecule has 5 heteroatoms. The first-order valence-electron chi connectivity index (χ1n) is 4.79. The maximum absolute atomic E-state index is 11.9. The predicted molar refractivity (Wildman–Crippen MR) is 48.7 cm³/mol. The average Bonchev–Trinajstić information content (AvgIpc) is 2.23. The van der Waals surface area contributed by atoms with E-state index < -0.39 is 5.41 Å². The van der Waals surface area contributed by atoms with E-state index in [0.29, 0.717) is 32.6 Å². The van der Waals surface area contributed by atoms with Gasteiger partial charge in [0.15, 0.2) is 0 Å². The second-order valence-electron chi connectivity index (χ2n) is 3.92. The second-order valence-corrected chi connectivity index (χ2v) is 3.92. The molecule has 0 unspecified atom stereocenters. The van der Waals surface area contributed by atoms with Crippen molar-refractivity contribution < 1.29 is 14.3 Å². The molecule has 2 fully saturated rings. The van der Waals surface area contributed by atoms with E-state index in [1.165, 1.54) is 11.9 Å². The van der Waals surface area contributed by atoms with Crippen LogP contribution in [0, 0.1) is 5.41 Å². The summed E-state index contributed by atoms with van der Waals surface area (Å²) in [5.41, 5.74) is -0.402. The molecule has 2 heterocycles. The Hall–Kier alpha value is -1.10. The lowest BCUT2D eigenvalue weighted by Crippen LogP contribution is -2.60. The number of ether oxygens (including phenoxy) is 1. The highest BCUT2D eigenvalue weighted by Crippen LogP contribution is 2.33. The first kappa shape index (κ1) is 9.45. The second kappa shape index (κ2) is 3.24. The van der Waals surface area contributed by atoms with Gasteiger partial charge in [-0.15, -0.1) is 0 Å². The van der Waals surface area contributed by atoms with Crippen LogP contribution in [-0.4, -0.2) is 43.6 Å². The van der Waals surface area contributed by atoms with Crippen molar-refractivity contribution in [1.29, 1.82) is 0 Å². The predicted octanol–water partition coefficient (Wildman–Crippen LogP) is -0.0352. The highest BCUT2D eigenvalue weighted by atomic mass is 16.5. The fourth-order valence-electron chi connectivity index (χ4n) is 2.04. The van der Waals surface area contributed by atoms with Gasteiger partial charge < -0.3 is 10.1 Å². The fraction of sp³-hybridized carbons (Fsp3) is 0.778. The summed E-state index contributed by atoms with van der Waals surface area (Å²) >= 11 is 0. The summed E-state index contributed by atoms with van der Waals surface area (Å²) < 4.78 is 5.22. The summed E-state index contributed by atoms with van der Waals surface area (Å²) in [5.74, 6) is -0.0652. The maximum atomic E-state index is 11.9.